The lowest BCUT2D eigenvalue weighted by molar-refractivity contribution is 0.156. The van der Waals surface area contributed by atoms with E-state index in [9.17, 15) is 5.11 Å². The first kappa shape index (κ1) is 10.5. The number of hydrogen-bond donors (Lipinski definition) is 1. The van der Waals surface area contributed by atoms with Gasteiger partial charge < -0.3 is 9.84 Å². The molecule has 0 aromatic carbocycles. The molecule has 2 aliphatic carbocycles. The number of methoxy groups -OCH3 is 1. The molecule has 2 heteroatoms. The van der Waals surface area contributed by atoms with Crippen LogP contribution in [0.5, 0.6) is 0 Å². The van der Waals surface area contributed by atoms with Gasteiger partial charge in [0.25, 0.3) is 0 Å². The SMILES string of the molecule is COC1=C(C2CCCC2)C=CC=CC1O. The Labute approximate surface area is 90.9 Å². The van der Waals surface area contributed by atoms with E-state index in [1.165, 1.54) is 31.3 Å². The van der Waals surface area contributed by atoms with Crippen molar-refractivity contribution >= 4 is 0 Å². The van der Waals surface area contributed by atoms with Crippen molar-refractivity contribution in [1.82, 2.24) is 0 Å². The molecule has 1 saturated carbocycles. The zero-order valence-corrected chi connectivity index (χ0v) is 9.15. The van der Waals surface area contributed by atoms with Gasteiger partial charge in [-0.05, 0) is 30.4 Å². The van der Waals surface area contributed by atoms with Gasteiger partial charge in [0.15, 0.2) is 0 Å². The lowest BCUT2D eigenvalue weighted by Gasteiger charge is -2.18. The Morgan fingerprint density at radius 2 is 2.00 bits per heavy atom. The minimum absolute atomic E-state index is 0.575. The van der Waals surface area contributed by atoms with Gasteiger partial charge in [0, 0.05) is 0 Å². The van der Waals surface area contributed by atoms with E-state index in [-0.39, 0.29) is 0 Å². The van der Waals surface area contributed by atoms with E-state index >= 15 is 0 Å². The fourth-order valence-electron chi connectivity index (χ4n) is 2.48. The maximum absolute atomic E-state index is 9.87. The third kappa shape index (κ3) is 2.15. The van der Waals surface area contributed by atoms with Gasteiger partial charge in [0.2, 0.25) is 0 Å². The highest BCUT2D eigenvalue weighted by Crippen LogP contribution is 2.35. The molecule has 82 valence electrons. The molecule has 2 nitrogen and oxygen atoms in total. The van der Waals surface area contributed by atoms with Gasteiger partial charge in [-0.1, -0.05) is 31.1 Å². The molecule has 0 heterocycles. The summed E-state index contributed by atoms with van der Waals surface area (Å²) in [4.78, 5) is 0. The molecule has 0 spiro atoms. The highest BCUT2D eigenvalue weighted by atomic mass is 16.5. The highest BCUT2D eigenvalue weighted by Gasteiger charge is 2.24. The van der Waals surface area contributed by atoms with Crippen molar-refractivity contribution in [2.45, 2.75) is 31.8 Å². The minimum atomic E-state index is -0.583. The molecule has 0 aliphatic heterocycles. The van der Waals surface area contributed by atoms with Gasteiger partial charge in [-0.15, -0.1) is 0 Å². The lowest BCUT2D eigenvalue weighted by Crippen LogP contribution is -2.13. The Morgan fingerprint density at radius 3 is 2.67 bits per heavy atom. The van der Waals surface area contributed by atoms with Crippen LogP contribution in [0.1, 0.15) is 25.7 Å². The second-order valence-corrected chi connectivity index (χ2v) is 4.19. The predicted molar refractivity (Wildman–Crippen MR) is 60.3 cm³/mol. The van der Waals surface area contributed by atoms with Crippen LogP contribution in [0.2, 0.25) is 0 Å². The largest absolute Gasteiger partial charge is 0.498 e. The zero-order valence-electron chi connectivity index (χ0n) is 9.15. The van der Waals surface area contributed by atoms with Crippen LogP contribution in [0.15, 0.2) is 35.6 Å². The van der Waals surface area contributed by atoms with Crippen LogP contribution in [-0.2, 0) is 4.74 Å². The molecule has 0 aromatic rings. The summed E-state index contributed by atoms with van der Waals surface area (Å²) in [6, 6.07) is 0. The van der Waals surface area contributed by atoms with Crippen molar-refractivity contribution in [3.05, 3.63) is 35.6 Å². The Kier molecular flexibility index (Phi) is 3.27. The summed E-state index contributed by atoms with van der Waals surface area (Å²) in [5, 5.41) is 9.87. The summed E-state index contributed by atoms with van der Waals surface area (Å²) < 4.78 is 5.34. The van der Waals surface area contributed by atoms with Crippen molar-refractivity contribution in [3.63, 3.8) is 0 Å². The Balaban J connectivity index is 2.30. The van der Waals surface area contributed by atoms with Crippen LogP contribution < -0.4 is 0 Å². The summed E-state index contributed by atoms with van der Waals surface area (Å²) in [6.07, 6.45) is 12.2. The second-order valence-electron chi connectivity index (χ2n) is 4.19. The van der Waals surface area contributed by atoms with E-state index in [0.717, 1.165) is 5.76 Å². The predicted octanol–water partition coefficient (Wildman–Crippen LogP) is 2.56. The summed E-state index contributed by atoms with van der Waals surface area (Å²) >= 11 is 0. The van der Waals surface area contributed by atoms with Gasteiger partial charge in [0.1, 0.15) is 11.9 Å². The summed E-state index contributed by atoms with van der Waals surface area (Å²) in [7, 11) is 1.64. The molecule has 1 fully saturated rings. The molecule has 1 atom stereocenters. The molecule has 1 N–H and O–H groups in total. The summed E-state index contributed by atoms with van der Waals surface area (Å²) in [5.74, 6) is 1.30. The van der Waals surface area contributed by atoms with Crippen LogP contribution in [0.3, 0.4) is 0 Å². The number of hydrogen-bond acceptors (Lipinski definition) is 2. The normalized spacial score (nSPS) is 27.2. The average Bonchev–Trinajstić information content (AvgIpc) is 2.69. The van der Waals surface area contributed by atoms with Gasteiger partial charge in [-0.2, -0.15) is 0 Å². The maximum Gasteiger partial charge on any atom is 0.131 e. The molecule has 0 bridgehead atoms. The molecule has 15 heavy (non-hydrogen) atoms. The van der Waals surface area contributed by atoms with Crippen LogP contribution in [0.4, 0.5) is 0 Å². The Bertz CT molecular complexity index is 306. The maximum atomic E-state index is 9.87. The standard InChI is InChI=1S/C13H18O2/c1-15-13-11(10-6-2-3-7-10)8-4-5-9-12(13)14/h4-5,8-10,12,14H,2-3,6-7H2,1H3. The second kappa shape index (κ2) is 4.67. The zero-order chi connectivity index (χ0) is 10.7. The highest BCUT2D eigenvalue weighted by molar-refractivity contribution is 5.35. The van der Waals surface area contributed by atoms with Crippen molar-refractivity contribution in [2.24, 2.45) is 5.92 Å². The van der Waals surface area contributed by atoms with E-state index in [2.05, 4.69) is 6.08 Å². The summed E-state index contributed by atoms with van der Waals surface area (Å²) in [6.45, 7) is 0. The fraction of sp³-hybridized carbons (Fsp3) is 0.538. The quantitative estimate of drug-likeness (QED) is 0.752. The number of aliphatic hydroxyl groups excluding tert-OH is 1. The topological polar surface area (TPSA) is 29.5 Å². The van der Waals surface area contributed by atoms with Crippen LogP contribution in [-0.4, -0.2) is 18.3 Å². The number of aliphatic hydroxyl groups is 1. The van der Waals surface area contributed by atoms with Crippen LogP contribution in [0, 0.1) is 5.92 Å². The van der Waals surface area contributed by atoms with Gasteiger partial charge in [0.05, 0.1) is 7.11 Å². The molecule has 0 radical (unpaired) electrons. The van der Waals surface area contributed by atoms with E-state index < -0.39 is 6.10 Å². The third-order valence-corrected chi connectivity index (χ3v) is 3.25. The Morgan fingerprint density at radius 1 is 1.27 bits per heavy atom. The molecular weight excluding hydrogens is 188 g/mol. The van der Waals surface area contributed by atoms with E-state index in [0.29, 0.717) is 5.92 Å². The minimum Gasteiger partial charge on any atom is -0.498 e. The number of rotatable bonds is 2. The molecule has 2 rings (SSSR count). The first-order valence-corrected chi connectivity index (χ1v) is 5.64. The van der Waals surface area contributed by atoms with Gasteiger partial charge in [-0.25, -0.2) is 0 Å². The lowest BCUT2D eigenvalue weighted by atomic mass is 9.95. The monoisotopic (exact) mass is 206 g/mol. The van der Waals surface area contributed by atoms with Crippen molar-refractivity contribution < 1.29 is 9.84 Å². The van der Waals surface area contributed by atoms with Crippen LogP contribution >= 0.6 is 0 Å². The number of allylic oxidation sites excluding steroid dienone is 4. The van der Waals surface area contributed by atoms with E-state index in [1.54, 1.807) is 13.2 Å². The van der Waals surface area contributed by atoms with Gasteiger partial charge >= 0.3 is 0 Å². The van der Waals surface area contributed by atoms with Crippen molar-refractivity contribution in [1.29, 1.82) is 0 Å². The third-order valence-electron chi connectivity index (χ3n) is 3.25. The number of ether oxygens (including phenoxy) is 1. The molecule has 0 amide bonds. The molecular formula is C13H18O2. The average molecular weight is 206 g/mol. The van der Waals surface area contributed by atoms with Crippen molar-refractivity contribution in [2.75, 3.05) is 7.11 Å². The molecule has 1 unspecified atom stereocenters. The molecule has 0 aromatic heterocycles. The van der Waals surface area contributed by atoms with E-state index in [1.807, 2.05) is 12.2 Å². The van der Waals surface area contributed by atoms with Crippen molar-refractivity contribution in [3.8, 4) is 0 Å². The first-order valence-electron chi connectivity index (χ1n) is 5.64. The Hall–Kier alpha value is -1.02. The molecule has 2 aliphatic rings. The smallest absolute Gasteiger partial charge is 0.131 e. The molecule has 0 saturated heterocycles. The van der Waals surface area contributed by atoms with E-state index in [4.69, 9.17) is 4.74 Å². The van der Waals surface area contributed by atoms with Gasteiger partial charge in [-0.3, -0.25) is 0 Å². The summed E-state index contributed by atoms with van der Waals surface area (Å²) in [5.41, 5.74) is 1.19. The first-order chi connectivity index (χ1) is 7.33. The van der Waals surface area contributed by atoms with Crippen LogP contribution in [0.25, 0.3) is 0 Å². The fourth-order valence-corrected chi connectivity index (χ4v) is 2.48.